The zero-order chi connectivity index (χ0) is 21.7. The molecule has 0 radical (unpaired) electrons. The molecule has 3 rings (SSSR count). The SMILES string of the molecule is COc1ccc(/C=N\NC(=O)c2cccn(Cc3ccc(C)cc3)c2=O)c(Cl)c1O. The molecule has 0 saturated carbocycles. The maximum absolute atomic E-state index is 12.7. The van der Waals surface area contributed by atoms with Gasteiger partial charge in [-0.25, -0.2) is 5.43 Å². The van der Waals surface area contributed by atoms with Gasteiger partial charge in [-0.05, 0) is 36.8 Å². The molecule has 8 heteroatoms. The zero-order valence-electron chi connectivity index (χ0n) is 16.4. The highest BCUT2D eigenvalue weighted by molar-refractivity contribution is 6.34. The Balaban J connectivity index is 1.74. The number of phenolic OH excluding ortho intramolecular Hbond substituents is 1. The van der Waals surface area contributed by atoms with Crippen LogP contribution < -0.4 is 15.7 Å². The molecule has 1 heterocycles. The van der Waals surface area contributed by atoms with E-state index in [9.17, 15) is 14.7 Å². The topological polar surface area (TPSA) is 92.9 Å². The van der Waals surface area contributed by atoms with Gasteiger partial charge in [0.15, 0.2) is 11.5 Å². The van der Waals surface area contributed by atoms with Crippen molar-refractivity contribution >= 4 is 23.7 Å². The zero-order valence-corrected chi connectivity index (χ0v) is 17.2. The molecule has 0 saturated heterocycles. The largest absolute Gasteiger partial charge is 0.503 e. The Hall–Kier alpha value is -3.58. The van der Waals surface area contributed by atoms with Gasteiger partial charge in [0.1, 0.15) is 5.56 Å². The molecule has 0 spiro atoms. The Bertz CT molecular complexity index is 1150. The van der Waals surface area contributed by atoms with Crippen LogP contribution in [0.15, 0.2) is 64.6 Å². The molecule has 154 valence electrons. The van der Waals surface area contributed by atoms with Gasteiger partial charge in [0.25, 0.3) is 11.5 Å². The Kier molecular flexibility index (Phi) is 6.54. The predicted molar refractivity (Wildman–Crippen MR) is 116 cm³/mol. The van der Waals surface area contributed by atoms with Crippen molar-refractivity contribution in [3.8, 4) is 11.5 Å². The van der Waals surface area contributed by atoms with Crippen molar-refractivity contribution < 1.29 is 14.6 Å². The Morgan fingerprint density at radius 1 is 1.23 bits per heavy atom. The van der Waals surface area contributed by atoms with Crippen molar-refractivity contribution in [2.24, 2.45) is 5.10 Å². The van der Waals surface area contributed by atoms with E-state index < -0.39 is 11.5 Å². The third kappa shape index (κ3) is 4.69. The summed E-state index contributed by atoms with van der Waals surface area (Å²) in [7, 11) is 1.41. The lowest BCUT2D eigenvalue weighted by atomic mass is 10.1. The van der Waals surface area contributed by atoms with Gasteiger partial charge in [-0.1, -0.05) is 41.4 Å². The molecule has 3 aromatic rings. The van der Waals surface area contributed by atoms with Crippen LogP contribution in [-0.4, -0.2) is 28.9 Å². The molecule has 1 aromatic heterocycles. The molecule has 0 atom stereocenters. The highest BCUT2D eigenvalue weighted by Gasteiger charge is 2.13. The molecule has 30 heavy (non-hydrogen) atoms. The number of nitrogens with one attached hydrogen (secondary N) is 1. The number of hydrogen-bond acceptors (Lipinski definition) is 5. The van der Waals surface area contributed by atoms with Crippen LogP contribution in [0.1, 0.15) is 27.0 Å². The number of methoxy groups -OCH3 is 1. The number of aromatic hydroxyl groups is 1. The van der Waals surface area contributed by atoms with E-state index in [2.05, 4.69) is 10.5 Å². The third-order valence-corrected chi connectivity index (χ3v) is 4.83. The van der Waals surface area contributed by atoms with E-state index in [1.165, 1.54) is 30.0 Å². The second-order valence-electron chi connectivity index (χ2n) is 6.56. The Morgan fingerprint density at radius 3 is 2.67 bits per heavy atom. The van der Waals surface area contributed by atoms with Crippen LogP contribution in [0.4, 0.5) is 0 Å². The number of carbonyl (C=O) groups is 1. The van der Waals surface area contributed by atoms with Gasteiger partial charge in [0.05, 0.1) is 24.9 Å². The van der Waals surface area contributed by atoms with Crippen molar-refractivity contribution in [1.29, 1.82) is 0 Å². The number of phenols is 1. The van der Waals surface area contributed by atoms with E-state index in [4.69, 9.17) is 16.3 Å². The molecule has 0 aliphatic carbocycles. The van der Waals surface area contributed by atoms with Crippen molar-refractivity contribution in [1.82, 2.24) is 9.99 Å². The quantitative estimate of drug-likeness (QED) is 0.468. The predicted octanol–water partition coefficient (Wildman–Crippen LogP) is 3.34. The Labute approximate surface area is 178 Å². The van der Waals surface area contributed by atoms with Gasteiger partial charge in [-0.15, -0.1) is 0 Å². The summed E-state index contributed by atoms with van der Waals surface area (Å²) in [5, 5.41) is 13.8. The molecule has 2 N–H and O–H groups in total. The van der Waals surface area contributed by atoms with E-state index >= 15 is 0 Å². The molecule has 0 unspecified atom stereocenters. The number of amides is 1. The standard InChI is InChI=1S/C22H20ClN3O4/c1-14-5-7-15(8-6-14)13-26-11-3-4-17(22(26)29)21(28)25-24-12-16-9-10-18(30-2)20(27)19(16)23/h3-12,27H,13H2,1-2H3,(H,25,28)/b24-12-. The maximum atomic E-state index is 12.7. The van der Waals surface area contributed by atoms with Gasteiger partial charge in [0, 0.05) is 11.8 Å². The molecule has 1 amide bonds. The number of halogens is 1. The summed E-state index contributed by atoms with van der Waals surface area (Å²) >= 11 is 6.05. The Morgan fingerprint density at radius 2 is 1.97 bits per heavy atom. The molecule has 2 aromatic carbocycles. The number of hydrogen-bond donors (Lipinski definition) is 2. The minimum atomic E-state index is -0.650. The van der Waals surface area contributed by atoms with Crippen LogP contribution in [-0.2, 0) is 6.54 Å². The number of aromatic nitrogens is 1. The van der Waals surface area contributed by atoms with E-state index in [0.717, 1.165) is 11.1 Å². The van der Waals surface area contributed by atoms with Crippen LogP contribution in [0.3, 0.4) is 0 Å². The van der Waals surface area contributed by atoms with Crippen LogP contribution in [0.5, 0.6) is 11.5 Å². The van der Waals surface area contributed by atoms with Crippen LogP contribution in [0, 0.1) is 6.92 Å². The minimum absolute atomic E-state index is 0.0347. The molecular formula is C22H20ClN3O4. The first-order chi connectivity index (χ1) is 14.4. The smallest absolute Gasteiger partial charge is 0.276 e. The van der Waals surface area contributed by atoms with E-state index in [0.29, 0.717) is 12.1 Å². The highest BCUT2D eigenvalue weighted by atomic mass is 35.5. The summed E-state index contributed by atoms with van der Waals surface area (Å²) in [5.74, 6) is -0.653. The van der Waals surface area contributed by atoms with Crippen LogP contribution >= 0.6 is 11.6 Å². The summed E-state index contributed by atoms with van der Waals surface area (Å²) in [6, 6.07) is 14.0. The number of nitrogens with zero attached hydrogens (tertiary/aromatic N) is 2. The third-order valence-electron chi connectivity index (χ3n) is 4.44. The van der Waals surface area contributed by atoms with Gasteiger partial charge < -0.3 is 14.4 Å². The molecular weight excluding hydrogens is 406 g/mol. The first-order valence-corrected chi connectivity index (χ1v) is 9.42. The van der Waals surface area contributed by atoms with Crippen molar-refractivity contribution in [3.63, 3.8) is 0 Å². The summed E-state index contributed by atoms with van der Waals surface area (Å²) in [6.07, 6.45) is 2.90. The van der Waals surface area contributed by atoms with E-state index in [-0.39, 0.29) is 22.1 Å². The van der Waals surface area contributed by atoms with Crippen LogP contribution in [0.2, 0.25) is 5.02 Å². The number of rotatable bonds is 6. The summed E-state index contributed by atoms with van der Waals surface area (Å²) in [4.78, 5) is 25.1. The average molecular weight is 426 g/mol. The fraction of sp³-hybridized carbons (Fsp3) is 0.136. The summed E-state index contributed by atoms with van der Waals surface area (Å²) in [6.45, 7) is 2.34. The molecule has 7 nitrogen and oxygen atoms in total. The lowest BCUT2D eigenvalue weighted by Gasteiger charge is -2.08. The van der Waals surface area contributed by atoms with Crippen LogP contribution in [0.25, 0.3) is 0 Å². The molecule has 0 aliphatic rings. The second-order valence-corrected chi connectivity index (χ2v) is 6.94. The van der Waals surface area contributed by atoms with Gasteiger partial charge >= 0.3 is 0 Å². The number of hydrazone groups is 1. The molecule has 0 fully saturated rings. The molecule has 0 aliphatic heterocycles. The van der Waals surface area contributed by atoms with Gasteiger partial charge in [-0.3, -0.25) is 9.59 Å². The lowest BCUT2D eigenvalue weighted by Crippen LogP contribution is -2.30. The summed E-state index contributed by atoms with van der Waals surface area (Å²) < 4.78 is 6.43. The number of ether oxygens (including phenoxy) is 1. The number of aryl methyl sites for hydroxylation is 1. The number of pyridine rings is 1. The molecule has 0 bridgehead atoms. The van der Waals surface area contributed by atoms with Crippen molar-refractivity contribution in [2.75, 3.05) is 7.11 Å². The number of benzene rings is 2. The first-order valence-electron chi connectivity index (χ1n) is 9.04. The van der Waals surface area contributed by atoms with Crippen molar-refractivity contribution in [2.45, 2.75) is 13.5 Å². The first kappa shape index (κ1) is 21.1. The monoisotopic (exact) mass is 425 g/mol. The lowest BCUT2D eigenvalue weighted by molar-refractivity contribution is 0.0953. The van der Waals surface area contributed by atoms with Gasteiger partial charge in [-0.2, -0.15) is 5.10 Å². The van der Waals surface area contributed by atoms with Crippen molar-refractivity contribution in [3.05, 3.63) is 92.4 Å². The minimum Gasteiger partial charge on any atom is -0.503 e. The highest BCUT2D eigenvalue weighted by Crippen LogP contribution is 2.35. The fourth-order valence-corrected chi connectivity index (χ4v) is 2.98. The normalized spacial score (nSPS) is 10.9. The fourth-order valence-electron chi connectivity index (χ4n) is 2.77. The average Bonchev–Trinajstić information content (AvgIpc) is 2.74. The van der Waals surface area contributed by atoms with E-state index in [1.807, 2.05) is 31.2 Å². The maximum Gasteiger partial charge on any atom is 0.276 e. The van der Waals surface area contributed by atoms with E-state index in [1.54, 1.807) is 18.3 Å². The second kappa shape index (κ2) is 9.28. The van der Waals surface area contributed by atoms with Gasteiger partial charge in [0.2, 0.25) is 0 Å². The number of carbonyl (C=O) groups excluding carboxylic acids is 1. The summed E-state index contributed by atoms with van der Waals surface area (Å²) in [5.41, 5.74) is 4.30.